The van der Waals surface area contributed by atoms with Gasteiger partial charge in [-0.3, -0.25) is 9.69 Å². The fraction of sp³-hybridized carbons (Fsp3) is 0.500. The molecule has 0 aromatic heterocycles. The first-order valence-corrected chi connectivity index (χ1v) is 6.41. The Bertz CT molecular complexity index is 440. The van der Waals surface area contributed by atoms with Gasteiger partial charge >= 0.3 is 0 Å². The van der Waals surface area contributed by atoms with Gasteiger partial charge in [0.05, 0.1) is 31.3 Å². The molecule has 3 rings (SSSR count). The van der Waals surface area contributed by atoms with Gasteiger partial charge in [0.25, 0.3) is 0 Å². The third-order valence-corrected chi connectivity index (χ3v) is 3.55. The number of fused-ring (bicyclic) bond motifs is 1. The molecule has 1 unspecified atom stereocenters. The largest absolute Gasteiger partial charge is 0.492 e. The zero-order chi connectivity index (χ0) is 12.4. The van der Waals surface area contributed by atoms with E-state index in [2.05, 4.69) is 4.90 Å². The molecule has 2 aliphatic rings. The Kier molecular flexibility index (Phi) is 3.30. The van der Waals surface area contributed by atoms with Crippen LogP contribution in [0.4, 0.5) is 0 Å². The van der Waals surface area contributed by atoms with Gasteiger partial charge in [-0.15, -0.1) is 0 Å². The van der Waals surface area contributed by atoms with Crippen molar-refractivity contribution in [1.82, 2.24) is 4.90 Å². The predicted molar refractivity (Wildman–Crippen MR) is 67.0 cm³/mol. The second-order valence-electron chi connectivity index (χ2n) is 4.78. The number of benzene rings is 1. The normalized spacial score (nSPS) is 24.4. The second-order valence-corrected chi connectivity index (χ2v) is 4.78. The predicted octanol–water partition coefficient (Wildman–Crippen LogP) is 1.21. The van der Waals surface area contributed by atoms with E-state index >= 15 is 0 Å². The van der Waals surface area contributed by atoms with E-state index in [1.54, 1.807) is 0 Å². The summed E-state index contributed by atoms with van der Waals surface area (Å²) in [5.74, 6) is 0.891. The van der Waals surface area contributed by atoms with Crippen molar-refractivity contribution < 1.29 is 14.3 Å². The Balaban J connectivity index is 1.70. The topological polar surface area (TPSA) is 38.8 Å². The summed E-state index contributed by atoms with van der Waals surface area (Å²) in [5, 5.41) is 0. The molecule has 0 aliphatic carbocycles. The molecule has 1 atom stereocenters. The van der Waals surface area contributed by atoms with Crippen LogP contribution >= 0.6 is 0 Å². The van der Waals surface area contributed by atoms with Gasteiger partial charge in [-0.05, 0) is 12.1 Å². The molecular weight excluding hydrogens is 230 g/mol. The minimum Gasteiger partial charge on any atom is -0.492 e. The lowest BCUT2D eigenvalue weighted by Crippen LogP contribution is -2.43. The highest BCUT2D eigenvalue weighted by molar-refractivity contribution is 6.01. The highest BCUT2D eigenvalue weighted by Gasteiger charge is 2.30. The average Bonchev–Trinajstić information content (AvgIpc) is 2.43. The van der Waals surface area contributed by atoms with Crippen LogP contribution in [-0.2, 0) is 4.74 Å². The molecule has 0 spiro atoms. The van der Waals surface area contributed by atoms with E-state index in [0.29, 0.717) is 6.61 Å². The van der Waals surface area contributed by atoms with E-state index in [1.807, 2.05) is 24.3 Å². The third kappa shape index (κ3) is 2.26. The number of para-hydroxylation sites is 1. The minimum absolute atomic E-state index is 0.0435. The van der Waals surface area contributed by atoms with Crippen LogP contribution in [0.1, 0.15) is 10.4 Å². The number of carbonyl (C=O) groups is 1. The van der Waals surface area contributed by atoms with E-state index in [9.17, 15) is 4.79 Å². The smallest absolute Gasteiger partial charge is 0.174 e. The van der Waals surface area contributed by atoms with E-state index in [0.717, 1.165) is 44.2 Å². The van der Waals surface area contributed by atoms with E-state index in [-0.39, 0.29) is 11.7 Å². The Morgan fingerprint density at radius 2 is 2.00 bits per heavy atom. The van der Waals surface area contributed by atoms with Crippen molar-refractivity contribution in [3.05, 3.63) is 29.8 Å². The lowest BCUT2D eigenvalue weighted by molar-refractivity contribution is 0.0250. The molecule has 0 bridgehead atoms. The van der Waals surface area contributed by atoms with Crippen LogP contribution in [0, 0.1) is 5.92 Å². The van der Waals surface area contributed by atoms with Crippen LogP contribution in [0.25, 0.3) is 0 Å². The van der Waals surface area contributed by atoms with Gasteiger partial charge < -0.3 is 9.47 Å². The van der Waals surface area contributed by atoms with Crippen molar-refractivity contribution in [3.63, 3.8) is 0 Å². The van der Waals surface area contributed by atoms with Gasteiger partial charge in [-0.25, -0.2) is 0 Å². The summed E-state index contributed by atoms with van der Waals surface area (Å²) in [6, 6.07) is 7.49. The van der Waals surface area contributed by atoms with Crippen molar-refractivity contribution in [1.29, 1.82) is 0 Å². The summed E-state index contributed by atoms with van der Waals surface area (Å²) in [6.45, 7) is 4.61. The molecule has 0 saturated carbocycles. The molecule has 4 heteroatoms. The van der Waals surface area contributed by atoms with Crippen molar-refractivity contribution in [2.24, 2.45) is 5.92 Å². The lowest BCUT2D eigenvalue weighted by atomic mass is 9.94. The molecule has 2 aliphatic heterocycles. The number of ether oxygens (including phenoxy) is 2. The summed E-state index contributed by atoms with van der Waals surface area (Å²) in [7, 11) is 0. The van der Waals surface area contributed by atoms with E-state index in [1.165, 1.54) is 0 Å². The molecule has 1 saturated heterocycles. The molecule has 96 valence electrons. The Labute approximate surface area is 106 Å². The minimum atomic E-state index is -0.0435. The first kappa shape index (κ1) is 11.7. The fourth-order valence-electron chi connectivity index (χ4n) is 2.51. The number of hydrogen-bond donors (Lipinski definition) is 0. The van der Waals surface area contributed by atoms with Crippen LogP contribution in [-0.4, -0.2) is 50.1 Å². The van der Waals surface area contributed by atoms with Crippen molar-refractivity contribution in [3.8, 4) is 5.75 Å². The number of nitrogens with zero attached hydrogens (tertiary/aromatic N) is 1. The van der Waals surface area contributed by atoms with Gasteiger partial charge in [0.15, 0.2) is 5.78 Å². The first-order valence-electron chi connectivity index (χ1n) is 6.41. The lowest BCUT2D eigenvalue weighted by Gasteiger charge is -2.31. The monoisotopic (exact) mass is 247 g/mol. The average molecular weight is 247 g/mol. The number of morpholine rings is 1. The van der Waals surface area contributed by atoms with E-state index < -0.39 is 0 Å². The Morgan fingerprint density at radius 3 is 2.83 bits per heavy atom. The molecular formula is C14H17NO3. The summed E-state index contributed by atoms with van der Waals surface area (Å²) in [6.07, 6.45) is 0. The van der Waals surface area contributed by atoms with Crippen LogP contribution in [0.5, 0.6) is 5.75 Å². The summed E-state index contributed by atoms with van der Waals surface area (Å²) < 4.78 is 11.0. The quantitative estimate of drug-likeness (QED) is 0.787. The Morgan fingerprint density at radius 1 is 1.22 bits per heavy atom. The molecule has 4 nitrogen and oxygen atoms in total. The maximum Gasteiger partial charge on any atom is 0.174 e. The molecule has 0 N–H and O–H groups in total. The van der Waals surface area contributed by atoms with Crippen LogP contribution in [0.15, 0.2) is 24.3 Å². The van der Waals surface area contributed by atoms with Gasteiger partial charge in [0.1, 0.15) is 5.75 Å². The highest BCUT2D eigenvalue weighted by Crippen LogP contribution is 2.27. The zero-order valence-corrected chi connectivity index (χ0v) is 10.3. The van der Waals surface area contributed by atoms with Gasteiger partial charge in [-0.2, -0.15) is 0 Å². The second kappa shape index (κ2) is 5.08. The van der Waals surface area contributed by atoms with Crippen molar-refractivity contribution in [2.75, 3.05) is 39.5 Å². The number of ketones is 1. The van der Waals surface area contributed by atoms with Crippen LogP contribution in [0.3, 0.4) is 0 Å². The van der Waals surface area contributed by atoms with Gasteiger partial charge in [0.2, 0.25) is 0 Å². The van der Waals surface area contributed by atoms with E-state index in [4.69, 9.17) is 9.47 Å². The molecule has 1 aromatic rings. The number of rotatable bonds is 2. The van der Waals surface area contributed by atoms with Gasteiger partial charge in [-0.1, -0.05) is 12.1 Å². The van der Waals surface area contributed by atoms with Crippen LogP contribution in [0.2, 0.25) is 0 Å². The number of carbonyl (C=O) groups excluding carboxylic acids is 1. The molecule has 0 radical (unpaired) electrons. The molecule has 2 heterocycles. The zero-order valence-electron chi connectivity index (χ0n) is 10.3. The fourth-order valence-corrected chi connectivity index (χ4v) is 2.51. The van der Waals surface area contributed by atoms with Crippen molar-refractivity contribution in [2.45, 2.75) is 0 Å². The summed E-state index contributed by atoms with van der Waals surface area (Å²) in [5.41, 5.74) is 0.724. The van der Waals surface area contributed by atoms with Crippen LogP contribution < -0.4 is 4.74 Å². The summed E-state index contributed by atoms with van der Waals surface area (Å²) >= 11 is 0. The maximum atomic E-state index is 12.4. The number of Topliss-reactive ketones (excluding diaryl/α,β-unsaturated/α-hetero) is 1. The molecule has 1 aromatic carbocycles. The molecule has 18 heavy (non-hydrogen) atoms. The Hall–Kier alpha value is -1.39. The summed E-state index contributed by atoms with van der Waals surface area (Å²) in [4.78, 5) is 14.6. The maximum absolute atomic E-state index is 12.4. The molecule has 1 fully saturated rings. The molecule has 0 amide bonds. The van der Waals surface area contributed by atoms with Crippen molar-refractivity contribution >= 4 is 5.78 Å². The van der Waals surface area contributed by atoms with Gasteiger partial charge in [0, 0.05) is 19.6 Å². The highest BCUT2D eigenvalue weighted by atomic mass is 16.5. The standard InChI is InChI=1S/C14H17NO3/c16-14-11(9-15-5-7-17-8-6-15)10-18-13-4-2-1-3-12(13)14/h1-4,11H,5-10H2. The third-order valence-electron chi connectivity index (χ3n) is 3.55. The number of hydrogen-bond acceptors (Lipinski definition) is 4. The SMILES string of the molecule is O=C1c2ccccc2OCC1CN1CCOCC1. The first-order chi connectivity index (χ1) is 8.84.